The first-order chi connectivity index (χ1) is 12.5. The first kappa shape index (κ1) is 18.2. The summed E-state index contributed by atoms with van der Waals surface area (Å²) in [5, 5.41) is 3.52. The molecular weight excluding hydrogens is 335 g/mol. The molecule has 3 rings (SSSR count). The van der Waals surface area contributed by atoms with Gasteiger partial charge in [0.25, 0.3) is 5.91 Å². The molecule has 0 heterocycles. The molecule has 1 aliphatic carbocycles. The number of hydrogen-bond donors (Lipinski definition) is 2. The van der Waals surface area contributed by atoms with Crippen molar-refractivity contribution in [3.63, 3.8) is 0 Å². The summed E-state index contributed by atoms with van der Waals surface area (Å²) in [6.45, 7) is 0.536. The lowest BCUT2D eigenvalue weighted by molar-refractivity contribution is -0.119. The van der Waals surface area contributed by atoms with Crippen molar-refractivity contribution >= 4 is 5.91 Å². The van der Waals surface area contributed by atoms with E-state index in [1.165, 1.54) is 17.7 Å². The third-order valence-electron chi connectivity index (χ3n) is 4.67. The number of ether oxygens (including phenoxy) is 2. The molecule has 0 bridgehead atoms. The third-order valence-corrected chi connectivity index (χ3v) is 4.67. The SMILES string of the molecule is COc1cc(CNC2CC(c3ccc(F)cc3)C2)ccc1OCC(N)=O. The number of nitrogens with two attached hydrogens (primary N) is 1. The van der Waals surface area contributed by atoms with Crippen LogP contribution in [0.3, 0.4) is 0 Å². The lowest BCUT2D eigenvalue weighted by atomic mass is 9.76. The van der Waals surface area contributed by atoms with E-state index in [1.807, 2.05) is 24.3 Å². The number of primary amides is 1. The molecule has 1 amide bonds. The number of carbonyl (C=O) groups is 1. The van der Waals surface area contributed by atoms with Gasteiger partial charge in [-0.05, 0) is 54.2 Å². The molecule has 2 aromatic rings. The van der Waals surface area contributed by atoms with Crippen molar-refractivity contribution in [2.24, 2.45) is 5.73 Å². The molecule has 0 spiro atoms. The molecule has 1 saturated carbocycles. The van der Waals surface area contributed by atoms with Crippen LogP contribution in [0.5, 0.6) is 11.5 Å². The van der Waals surface area contributed by atoms with Gasteiger partial charge in [-0.3, -0.25) is 4.79 Å². The molecule has 0 aliphatic heterocycles. The fraction of sp³-hybridized carbons (Fsp3) is 0.350. The van der Waals surface area contributed by atoms with E-state index in [2.05, 4.69) is 5.32 Å². The zero-order chi connectivity index (χ0) is 18.5. The van der Waals surface area contributed by atoms with Gasteiger partial charge < -0.3 is 20.5 Å². The largest absolute Gasteiger partial charge is 0.493 e. The Morgan fingerprint density at radius 3 is 2.58 bits per heavy atom. The summed E-state index contributed by atoms with van der Waals surface area (Å²) >= 11 is 0. The van der Waals surface area contributed by atoms with E-state index in [-0.39, 0.29) is 12.4 Å². The number of benzene rings is 2. The molecule has 138 valence electrons. The van der Waals surface area contributed by atoms with E-state index in [1.54, 1.807) is 13.2 Å². The van der Waals surface area contributed by atoms with Crippen LogP contribution in [0.2, 0.25) is 0 Å². The molecule has 0 atom stereocenters. The smallest absolute Gasteiger partial charge is 0.255 e. The van der Waals surface area contributed by atoms with Crippen molar-refractivity contribution < 1.29 is 18.7 Å². The maximum Gasteiger partial charge on any atom is 0.255 e. The molecule has 1 aliphatic rings. The van der Waals surface area contributed by atoms with Crippen LogP contribution in [0.25, 0.3) is 0 Å². The van der Waals surface area contributed by atoms with Gasteiger partial charge in [-0.25, -0.2) is 4.39 Å². The Morgan fingerprint density at radius 2 is 1.92 bits per heavy atom. The topological polar surface area (TPSA) is 73.6 Å². The fourth-order valence-electron chi connectivity index (χ4n) is 3.14. The van der Waals surface area contributed by atoms with Gasteiger partial charge in [0.15, 0.2) is 18.1 Å². The second-order valence-electron chi connectivity index (χ2n) is 6.54. The maximum atomic E-state index is 13.0. The molecule has 1 fully saturated rings. The predicted octanol–water partition coefficient (Wildman–Crippen LogP) is 2.73. The predicted molar refractivity (Wildman–Crippen MR) is 96.7 cm³/mol. The highest BCUT2D eigenvalue weighted by molar-refractivity contribution is 5.75. The molecule has 3 N–H and O–H groups in total. The van der Waals surface area contributed by atoms with Gasteiger partial charge in [-0.1, -0.05) is 18.2 Å². The quantitative estimate of drug-likeness (QED) is 0.761. The molecule has 0 unspecified atom stereocenters. The first-order valence-electron chi connectivity index (χ1n) is 8.62. The minimum Gasteiger partial charge on any atom is -0.493 e. The zero-order valence-corrected chi connectivity index (χ0v) is 14.7. The van der Waals surface area contributed by atoms with Gasteiger partial charge in [0, 0.05) is 12.6 Å². The first-order valence-corrected chi connectivity index (χ1v) is 8.62. The highest BCUT2D eigenvalue weighted by atomic mass is 19.1. The Hall–Kier alpha value is -2.60. The standard InChI is InChI=1S/C20H23FN2O3/c1-25-19-8-13(2-7-18(19)26-12-20(22)24)11-23-17-9-15(10-17)14-3-5-16(21)6-4-14/h2-8,15,17,23H,9-12H2,1H3,(H2,22,24). The minimum absolute atomic E-state index is 0.180. The van der Waals surface area contributed by atoms with Gasteiger partial charge in [0.05, 0.1) is 7.11 Å². The van der Waals surface area contributed by atoms with Crippen LogP contribution in [0.4, 0.5) is 4.39 Å². The number of rotatable bonds is 8. The summed E-state index contributed by atoms with van der Waals surface area (Å²) in [7, 11) is 1.56. The molecular formula is C20H23FN2O3. The molecule has 6 heteroatoms. The molecule has 5 nitrogen and oxygen atoms in total. The van der Waals surface area contributed by atoms with E-state index >= 15 is 0 Å². The third kappa shape index (κ3) is 4.52. The van der Waals surface area contributed by atoms with Crippen LogP contribution in [0.1, 0.15) is 29.9 Å². The van der Waals surface area contributed by atoms with Gasteiger partial charge in [-0.15, -0.1) is 0 Å². The van der Waals surface area contributed by atoms with Crippen LogP contribution >= 0.6 is 0 Å². The minimum atomic E-state index is -0.529. The fourth-order valence-corrected chi connectivity index (χ4v) is 3.14. The summed E-state index contributed by atoms with van der Waals surface area (Å²) in [5.74, 6) is 0.837. The van der Waals surface area contributed by atoms with Crippen LogP contribution in [0, 0.1) is 5.82 Å². The van der Waals surface area contributed by atoms with Crippen LogP contribution in [0.15, 0.2) is 42.5 Å². The molecule has 2 aromatic carbocycles. The Bertz CT molecular complexity index is 758. The van der Waals surface area contributed by atoms with Gasteiger partial charge in [-0.2, -0.15) is 0 Å². The van der Waals surface area contributed by atoms with Crippen molar-refractivity contribution in [1.29, 1.82) is 0 Å². The van der Waals surface area contributed by atoms with Gasteiger partial charge in [0.2, 0.25) is 0 Å². The van der Waals surface area contributed by atoms with Crippen molar-refractivity contribution in [2.45, 2.75) is 31.3 Å². The molecule has 26 heavy (non-hydrogen) atoms. The summed E-state index contributed by atoms with van der Waals surface area (Å²) in [5.41, 5.74) is 7.36. The van der Waals surface area contributed by atoms with Gasteiger partial charge in [0.1, 0.15) is 5.82 Å². The van der Waals surface area contributed by atoms with E-state index in [0.717, 1.165) is 18.4 Å². The average Bonchev–Trinajstić information content (AvgIpc) is 2.60. The van der Waals surface area contributed by atoms with Crippen molar-refractivity contribution in [1.82, 2.24) is 5.32 Å². The Balaban J connectivity index is 1.49. The monoisotopic (exact) mass is 358 g/mol. The number of methoxy groups -OCH3 is 1. The Kier molecular flexibility index (Phi) is 5.73. The zero-order valence-electron chi connectivity index (χ0n) is 14.7. The normalized spacial score (nSPS) is 18.8. The Morgan fingerprint density at radius 1 is 1.19 bits per heavy atom. The van der Waals surface area contributed by atoms with Gasteiger partial charge >= 0.3 is 0 Å². The number of hydrogen-bond acceptors (Lipinski definition) is 4. The van der Waals surface area contributed by atoms with Crippen LogP contribution < -0.4 is 20.5 Å². The highest BCUT2D eigenvalue weighted by Gasteiger charge is 2.29. The summed E-state index contributed by atoms with van der Waals surface area (Å²) in [4.78, 5) is 10.8. The van der Waals surface area contributed by atoms with E-state index < -0.39 is 5.91 Å². The van der Waals surface area contributed by atoms with Crippen molar-refractivity contribution in [3.8, 4) is 11.5 Å². The number of halogens is 1. The van der Waals surface area contributed by atoms with Crippen LogP contribution in [-0.2, 0) is 11.3 Å². The molecule has 0 radical (unpaired) electrons. The van der Waals surface area contributed by atoms with E-state index in [9.17, 15) is 9.18 Å². The van der Waals surface area contributed by atoms with Crippen LogP contribution in [-0.4, -0.2) is 25.7 Å². The molecule has 0 aromatic heterocycles. The Labute approximate surface area is 152 Å². The van der Waals surface area contributed by atoms with E-state index in [4.69, 9.17) is 15.2 Å². The van der Waals surface area contributed by atoms with Crippen molar-refractivity contribution in [2.75, 3.05) is 13.7 Å². The second-order valence-corrected chi connectivity index (χ2v) is 6.54. The van der Waals surface area contributed by atoms with E-state index in [0.29, 0.717) is 30.0 Å². The lowest BCUT2D eigenvalue weighted by Crippen LogP contribution is -2.39. The average molecular weight is 358 g/mol. The lowest BCUT2D eigenvalue weighted by Gasteiger charge is -2.36. The summed E-state index contributed by atoms with van der Waals surface area (Å²) in [6, 6.07) is 12.8. The number of amides is 1. The second kappa shape index (κ2) is 8.19. The number of nitrogens with one attached hydrogen (secondary N) is 1. The maximum absolute atomic E-state index is 13.0. The summed E-state index contributed by atoms with van der Waals surface area (Å²) < 4.78 is 23.6. The number of carbonyl (C=O) groups excluding carboxylic acids is 1. The highest BCUT2D eigenvalue weighted by Crippen LogP contribution is 2.37. The van der Waals surface area contributed by atoms with Crippen molar-refractivity contribution in [3.05, 3.63) is 59.4 Å². The molecule has 0 saturated heterocycles. The summed E-state index contributed by atoms with van der Waals surface area (Å²) in [6.07, 6.45) is 2.09.